The lowest BCUT2D eigenvalue weighted by Gasteiger charge is -2.01. The first-order chi connectivity index (χ1) is 5.75. The standard InChI is InChI=1S/C8H7IO3/c9-5-12-8(11)6-3-1-2-4-7(6)10/h1-4,10H,5H2. The maximum Gasteiger partial charge on any atom is 0.342 e. The number of carbonyl (C=O) groups excluding carboxylic acids is 1. The summed E-state index contributed by atoms with van der Waals surface area (Å²) in [6.07, 6.45) is 0. The molecule has 0 fully saturated rings. The van der Waals surface area contributed by atoms with Crippen molar-refractivity contribution in [3.05, 3.63) is 29.8 Å². The number of esters is 1. The number of hydrogen-bond donors (Lipinski definition) is 1. The van der Waals surface area contributed by atoms with Crippen molar-refractivity contribution >= 4 is 28.6 Å². The average Bonchev–Trinajstić information content (AvgIpc) is 2.05. The summed E-state index contributed by atoms with van der Waals surface area (Å²) in [5.74, 6) is -0.546. The van der Waals surface area contributed by atoms with E-state index in [0.29, 0.717) is 0 Å². The van der Waals surface area contributed by atoms with Crippen LogP contribution in [0.15, 0.2) is 24.3 Å². The Labute approximate surface area is 83.5 Å². The van der Waals surface area contributed by atoms with Crippen LogP contribution in [0.5, 0.6) is 5.75 Å². The van der Waals surface area contributed by atoms with Gasteiger partial charge in [-0.05, 0) is 34.7 Å². The Morgan fingerprint density at radius 3 is 2.75 bits per heavy atom. The molecule has 1 rings (SSSR count). The Morgan fingerprint density at radius 1 is 1.50 bits per heavy atom. The minimum atomic E-state index is -0.498. The third kappa shape index (κ3) is 2.10. The van der Waals surface area contributed by atoms with Gasteiger partial charge in [0.2, 0.25) is 0 Å². The van der Waals surface area contributed by atoms with Gasteiger partial charge in [0.05, 0.1) is 0 Å². The van der Waals surface area contributed by atoms with E-state index < -0.39 is 5.97 Å². The molecule has 0 atom stereocenters. The smallest absolute Gasteiger partial charge is 0.342 e. The molecule has 0 aliphatic heterocycles. The van der Waals surface area contributed by atoms with E-state index in [-0.39, 0.29) is 15.9 Å². The fourth-order valence-corrected chi connectivity index (χ4v) is 1.06. The largest absolute Gasteiger partial charge is 0.507 e. The molecule has 0 saturated carbocycles. The molecule has 1 aromatic rings. The van der Waals surface area contributed by atoms with Crippen LogP contribution in [0.1, 0.15) is 10.4 Å². The zero-order valence-corrected chi connectivity index (χ0v) is 8.32. The second-order valence-electron chi connectivity index (χ2n) is 2.06. The second kappa shape index (κ2) is 4.30. The van der Waals surface area contributed by atoms with Gasteiger partial charge in [-0.3, -0.25) is 0 Å². The van der Waals surface area contributed by atoms with E-state index in [9.17, 15) is 9.90 Å². The Morgan fingerprint density at radius 2 is 2.17 bits per heavy atom. The minimum absolute atomic E-state index is 0.0487. The van der Waals surface area contributed by atoms with Crippen LogP contribution in [0.3, 0.4) is 0 Å². The molecule has 0 unspecified atom stereocenters. The van der Waals surface area contributed by atoms with Gasteiger partial charge in [0, 0.05) is 0 Å². The third-order valence-electron chi connectivity index (χ3n) is 1.31. The summed E-state index contributed by atoms with van der Waals surface area (Å²) in [6, 6.07) is 6.29. The Bertz CT molecular complexity index is 285. The van der Waals surface area contributed by atoms with Gasteiger partial charge in [0.15, 0.2) is 0 Å². The summed E-state index contributed by atoms with van der Waals surface area (Å²) in [4.78, 5) is 11.1. The number of alkyl halides is 1. The van der Waals surface area contributed by atoms with Crippen LogP contribution in [0, 0.1) is 0 Å². The van der Waals surface area contributed by atoms with Gasteiger partial charge >= 0.3 is 5.97 Å². The monoisotopic (exact) mass is 278 g/mol. The van der Waals surface area contributed by atoms with Gasteiger partial charge in [-0.1, -0.05) is 12.1 Å². The van der Waals surface area contributed by atoms with Gasteiger partial charge in [0.25, 0.3) is 0 Å². The summed E-state index contributed by atoms with van der Waals surface area (Å²) in [7, 11) is 0. The highest BCUT2D eigenvalue weighted by Gasteiger charge is 2.09. The number of halogens is 1. The molecule has 1 N–H and O–H groups in total. The zero-order chi connectivity index (χ0) is 8.97. The van der Waals surface area contributed by atoms with Crippen molar-refractivity contribution in [2.24, 2.45) is 0 Å². The number of hydrogen-bond acceptors (Lipinski definition) is 3. The normalized spacial score (nSPS) is 9.42. The van der Waals surface area contributed by atoms with E-state index in [0.717, 1.165) is 0 Å². The van der Waals surface area contributed by atoms with Crippen molar-refractivity contribution in [1.29, 1.82) is 0 Å². The topological polar surface area (TPSA) is 46.5 Å². The molecule has 0 saturated heterocycles. The molecule has 0 aliphatic carbocycles. The molecule has 1 aromatic carbocycles. The van der Waals surface area contributed by atoms with Crippen LogP contribution >= 0.6 is 22.6 Å². The Hall–Kier alpha value is -0.780. The zero-order valence-electron chi connectivity index (χ0n) is 6.16. The van der Waals surface area contributed by atoms with Crippen molar-refractivity contribution in [1.82, 2.24) is 0 Å². The van der Waals surface area contributed by atoms with Crippen molar-refractivity contribution in [3.8, 4) is 5.75 Å². The summed E-state index contributed by atoms with van der Waals surface area (Å²) >= 11 is 1.92. The molecule has 12 heavy (non-hydrogen) atoms. The van der Waals surface area contributed by atoms with Crippen molar-refractivity contribution in [3.63, 3.8) is 0 Å². The summed E-state index contributed by atoms with van der Waals surface area (Å²) in [6.45, 7) is 0. The van der Waals surface area contributed by atoms with E-state index in [1.165, 1.54) is 12.1 Å². The van der Waals surface area contributed by atoms with Crippen LogP contribution in [-0.2, 0) is 4.74 Å². The fraction of sp³-hybridized carbons (Fsp3) is 0.125. The summed E-state index contributed by atoms with van der Waals surface area (Å²) in [5, 5.41) is 9.20. The Kier molecular flexibility index (Phi) is 3.33. The van der Waals surface area contributed by atoms with E-state index in [4.69, 9.17) is 4.74 Å². The summed E-state index contributed by atoms with van der Waals surface area (Å²) < 4.78 is 4.98. The minimum Gasteiger partial charge on any atom is -0.507 e. The molecular formula is C8H7IO3. The number of phenols is 1. The summed E-state index contributed by atoms with van der Waals surface area (Å²) in [5.41, 5.74) is 0.203. The van der Waals surface area contributed by atoms with Crippen LogP contribution in [0.2, 0.25) is 0 Å². The highest BCUT2D eigenvalue weighted by molar-refractivity contribution is 14.1. The molecule has 0 amide bonds. The number of benzene rings is 1. The van der Waals surface area contributed by atoms with Gasteiger partial charge in [-0.25, -0.2) is 4.79 Å². The maximum atomic E-state index is 11.1. The van der Waals surface area contributed by atoms with Crippen LogP contribution in [0.25, 0.3) is 0 Å². The third-order valence-corrected chi connectivity index (χ3v) is 1.62. The lowest BCUT2D eigenvalue weighted by molar-refractivity contribution is 0.0587. The van der Waals surface area contributed by atoms with Crippen LogP contribution in [-0.4, -0.2) is 15.7 Å². The molecule has 64 valence electrons. The SMILES string of the molecule is O=C(OCI)c1ccccc1O. The van der Waals surface area contributed by atoms with Gasteiger partial charge < -0.3 is 9.84 Å². The Balaban J connectivity index is 2.87. The first-order valence-corrected chi connectivity index (χ1v) is 4.79. The van der Waals surface area contributed by atoms with E-state index in [1.54, 1.807) is 12.1 Å². The van der Waals surface area contributed by atoms with Gasteiger partial charge in [-0.2, -0.15) is 0 Å². The molecule has 0 aliphatic rings. The maximum absolute atomic E-state index is 11.1. The lowest BCUT2D eigenvalue weighted by atomic mass is 10.2. The van der Waals surface area contributed by atoms with E-state index in [1.807, 2.05) is 22.6 Å². The van der Waals surface area contributed by atoms with Gasteiger partial charge in [-0.15, -0.1) is 0 Å². The molecule has 0 radical (unpaired) electrons. The molecule has 0 bridgehead atoms. The van der Waals surface area contributed by atoms with Crippen molar-refractivity contribution < 1.29 is 14.6 Å². The second-order valence-corrected chi connectivity index (χ2v) is 2.68. The number of rotatable bonds is 2. The average molecular weight is 278 g/mol. The van der Waals surface area contributed by atoms with Gasteiger partial charge in [0.1, 0.15) is 15.9 Å². The molecule has 0 heterocycles. The number of para-hydroxylation sites is 1. The lowest BCUT2D eigenvalue weighted by Crippen LogP contribution is -2.03. The van der Waals surface area contributed by atoms with E-state index >= 15 is 0 Å². The molecule has 0 aromatic heterocycles. The van der Waals surface area contributed by atoms with Crippen molar-refractivity contribution in [2.45, 2.75) is 0 Å². The number of phenolic OH excluding ortho intramolecular Hbond substituents is 1. The highest BCUT2D eigenvalue weighted by Crippen LogP contribution is 2.16. The molecule has 4 heteroatoms. The predicted octanol–water partition coefficient (Wildman–Crippen LogP) is 1.94. The molecular weight excluding hydrogens is 271 g/mol. The number of carbonyl (C=O) groups is 1. The molecule has 0 spiro atoms. The fourth-order valence-electron chi connectivity index (χ4n) is 0.774. The first-order valence-electron chi connectivity index (χ1n) is 3.27. The highest BCUT2D eigenvalue weighted by atomic mass is 127. The van der Waals surface area contributed by atoms with Crippen LogP contribution in [0.4, 0.5) is 0 Å². The van der Waals surface area contributed by atoms with E-state index in [2.05, 4.69) is 0 Å². The van der Waals surface area contributed by atoms with Crippen LogP contribution < -0.4 is 0 Å². The molecule has 3 nitrogen and oxygen atoms in total. The quantitative estimate of drug-likeness (QED) is 0.511. The predicted molar refractivity (Wildman–Crippen MR) is 52.4 cm³/mol. The number of aromatic hydroxyl groups is 1. The van der Waals surface area contributed by atoms with Crippen molar-refractivity contribution in [2.75, 3.05) is 4.61 Å². The number of ether oxygens (including phenoxy) is 1. The first kappa shape index (κ1) is 9.31.